The number of benzene rings is 1. The van der Waals surface area contributed by atoms with Crippen LogP contribution in [0.4, 0.5) is 0 Å². The predicted octanol–water partition coefficient (Wildman–Crippen LogP) is 1.78. The zero-order valence-corrected chi connectivity index (χ0v) is 15.2. The van der Waals surface area contributed by atoms with Crippen LogP contribution in [0.15, 0.2) is 12.1 Å². The Morgan fingerprint density at radius 3 is 2.32 bits per heavy atom. The molecule has 2 fully saturated rings. The highest BCUT2D eigenvalue weighted by atomic mass is 16.5. The average Bonchev–Trinajstić information content (AvgIpc) is 3.17. The smallest absolute Gasteiger partial charge is 0.257 e. The van der Waals surface area contributed by atoms with Gasteiger partial charge in [-0.05, 0) is 49.9 Å². The predicted molar refractivity (Wildman–Crippen MR) is 93.9 cm³/mol. The summed E-state index contributed by atoms with van der Waals surface area (Å²) >= 11 is 0. The SMILES string of the molecule is COc1cc(C)c(C)cc1C(=O)N1CCN(C(=O)C2CCCO2)CC1. The van der Waals surface area contributed by atoms with Gasteiger partial charge in [-0.25, -0.2) is 0 Å². The van der Waals surface area contributed by atoms with E-state index in [1.54, 1.807) is 12.0 Å². The van der Waals surface area contributed by atoms with E-state index in [1.165, 1.54) is 0 Å². The van der Waals surface area contributed by atoms with Crippen LogP contribution < -0.4 is 4.74 Å². The van der Waals surface area contributed by atoms with Crippen molar-refractivity contribution in [2.75, 3.05) is 39.9 Å². The van der Waals surface area contributed by atoms with Gasteiger partial charge in [0.2, 0.25) is 0 Å². The average molecular weight is 346 g/mol. The Bertz CT molecular complexity index is 660. The Morgan fingerprint density at radius 1 is 1.08 bits per heavy atom. The van der Waals surface area contributed by atoms with Crippen LogP contribution in [-0.2, 0) is 9.53 Å². The fourth-order valence-corrected chi connectivity index (χ4v) is 3.40. The lowest BCUT2D eigenvalue weighted by Gasteiger charge is -2.36. The molecule has 0 N–H and O–H groups in total. The van der Waals surface area contributed by atoms with Crippen molar-refractivity contribution < 1.29 is 19.1 Å². The summed E-state index contributed by atoms with van der Waals surface area (Å²) in [6.45, 7) is 6.84. The third kappa shape index (κ3) is 3.63. The summed E-state index contributed by atoms with van der Waals surface area (Å²) in [4.78, 5) is 28.9. The van der Waals surface area contributed by atoms with Crippen molar-refractivity contribution in [3.63, 3.8) is 0 Å². The maximum atomic E-state index is 12.9. The maximum absolute atomic E-state index is 12.9. The molecule has 0 aromatic heterocycles. The highest BCUT2D eigenvalue weighted by molar-refractivity contribution is 5.97. The van der Waals surface area contributed by atoms with Crippen molar-refractivity contribution in [1.29, 1.82) is 0 Å². The summed E-state index contributed by atoms with van der Waals surface area (Å²) in [5, 5.41) is 0. The molecule has 0 spiro atoms. The van der Waals surface area contributed by atoms with Crippen molar-refractivity contribution in [1.82, 2.24) is 9.80 Å². The molecule has 1 aromatic rings. The van der Waals surface area contributed by atoms with E-state index < -0.39 is 0 Å². The van der Waals surface area contributed by atoms with Gasteiger partial charge < -0.3 is 19.3 Å². The molecule has 6 nitrogen and oxygen atoms in total. The number of ether oxygens (including phenoxy) is 2. The molecule has 2 amide bonds. The summed E-state index contributed by atoms with van der Waals surface area (Å²) in [6.07, 6.45) is 1.46. The van der Waals surface area contributed by atoms with E-state index in [9.17, 15) is 9.59 Å². The molecule has 25 heavy (non-hydrogen) atoms. The number of piperazine rings is 1. The van der Waals surface area contributed by atoms with E-state index >= 15 is 0 Å². The quantitative estimate of drug-likeness (QED) is 0.837. The molecule has 2 aliphatic rings. The van der Waals surface area contributed by atoms with Crippen LogP contribution >= 0.6 is 0 Å². The minimum absolute atomic E-state index is 0.0378. The fourth-order valence-electron chi connectivity index (χ4n) is 3.40. The lowest BCUT2D eigenvalue weighted by Crippen LogP contribution is -2.52. The van der Waals surface area contributed by atoms with Gasteiger partial charge in [0.25, 0.3) is 11.8 Å². The van der Waals surface area contributed by atoms with Gasteiger partial charge in [-0.15, -0.1) is 0 Å². The van der Waals surface area contributed by atoms with Crippen LogP contribution in [0, 0.1) is 13.8 Å². The molecule has 6 heteroatoms. The van der Waals surface area contributed by atoms with Gasteiger partial charge in [0.05, 0.1) is 12.7 Å². The van der Waals surface area contributed by atoms with Gasteiger partial charge in [-0.1, -0.05) is 0 Å². The molecule has 0 bridgehead atoms. The fraction of sp³-hybridized carbons (Fsp3) is 0.579. The summed E-state index contributed by atoms with van der Waals surface area (Å²) in [5.41, 5.74) is 2.75. The largest absolute Gasteiger partial charge is 0.496 e. The Morgan fingerprint density at radius 2 is 1.72 bits per heavy atom. The van der Waals surface area contributed by atoms with Gasteiger partial charge >= 0.3 is 0 Å². The second-order valence-electron chi connectivity index (χ2n) is 6.76. The second-order valence-corrected chi connectivity index (χ2v) is 6.76. The molecule has 0 radical (unpaired) electrons. The Hall–Kier alpha value is -2.08. The lowest BCUT2D eigenvalue weighted by molar-refractivity contribution is -0.142. The van der Waals surface area contributed by atoms with E-state index in [1.807, 2.05) is 30.9 Å². The lowest BCUT2D eigenvalue weighted by atomic mass is 10.0. The van der Waals surface area contributed by atoms with Gasteiger partial charge in [0.15, 0.2) is 0 Å². The van der Waals surface area contributed by atoms with E-state index in [2.05, 4.69) is 0 Å². The van der Waals surface area contributed by atoms with Gasteiger partial charge in [-0.3, -0.25) is 9.59 Å². The van der Waals surface area contributed by atoms with Gasteiger partial charge in [0, 0.05) is 32.8 Å². The number of rotatable bonds is 3. The highest BCUT2D eigenvalue weighted by Gasteiger charge is 2.32. The van der Waals surface area contributed by atoms with E-state index in [0.29, 0.717) is 44.1 Å². The first-order valence-electron chi connectivity index (χ1n) is 8.86. The molecular weight excluding hydrogens is 320 g/mol. The third-order valence-electron chi connectivity index (χ3n) is 5.13. The number of amides is 2. The molecule has 2 saturated heterocycles. The molecule has 1 atom stereocenters. The number of hydrogen-bond donors (Lipinski definition) is 0. The monoisotopic (exact) mass is 346 g/mol. The molecule has 136 valence electrons. The second kappa shape index (κ2) is 7.44. The van der Waals surface area contributed by atoms with E-state index in [0.717, 1.165) is 24.0 Å². The van der Waals surface area contributed by atoms with Crippen LogP contribution in [0.25, 0.3) is 0 Å². The summed E-state index contributed by atoms with van der Waals surface area (Å²) in [6, 6.07) is 3.79. The molecule has 3 rings (SSSR count). The first-order chi connectivity index (χ1) is 12.0. The minimum atomic E-state index is -0.290. The molecular formula is C19H26N2O4. The van der Waals surface area contributed by atoms with Crippen LogP contribution in [0.2, 0.25) is 0 Å². The first-order valence-corrected chi connectivity index (χ1v) is 8.86. The Labute approximate surface area is 148 Å². The summed E-state index contributed by atoms with van der Waals surface area (Å²) < 4.78 is 10.9. The zero-order chi connectivity index (χ0) is 18.0. The number of aryl methyl sites for hydroxylation is 2. The molecule has 1 unspecified atom stereocenters. The maximum Gasteiger partial charge on any atom is 0.257 e. The molecule has 0 aliphatic carbocycles. The number of nitrogens with zero attached hydrogens (tertiary/aromatic N) is 2. The highest BCUT2D eigenvalue weighted by Crippen LogP contribution is 2.25. The van der Waals surface area contributed by atoms with Crippen molar-refractivity contribution in [2.45, 2.75) is 32.8 Å². The first kappa shape index (κ1) is 17.7. The normalized spacial score (nSPS) is 20.7. The van der Waals surface area contributed by atoms with Gasteiger partial charge in [-0.2, -0.15) is 0 Å². The van der Waals surface area contributed by atoms with Crippen LogP contribution in [0.1, 0.15) is 34.3 Å². The van der Waals surface area contributed by atoms with Crippen molar-refractivity contribution >= 4 is 11.8 Å². The number of carbonyl (C=O) groups is 2. The summed E-state index contributed by atoms with van der Waals surface area (Å²) in [7, 11) is 1.58. The Balaban J connectivity index is 1.65. The van der Waals surface area contributed by atoms with E-state index in [4.69, 9.17) is 9.47 Å². The third-order valence-corrected chi connectivity index (χ3v) is 5.13. The Kier molecular flexibility index (Phi) is 5.27. The van der Waals surface area contributed by atoms with Crippen LogP contribution in [0.5, 0.6) is 5.75 Å². The molecule has 1 aromatic carbocycles. The minimum Gasteiger partial charge on any atom is -0.496 e. The summed E-state index contributed by atoms with van der Waals surface area (Å²) in [5.74, 6) is 0.628. The van der Waals surface area contributed by atoms with Crippen LogP contribution in [0.3, 0.4) is 0 Å². The van der Waals surface area contributed by atoms with Crippen molar-refractivity contribution in [2.24, 2.45) is 0 Å². The molecule has 2 heterocycles. The molecule has 2 aliphatic heterocycles. The number of methoxy groups -OCH3 is 1. The topological polar surface area (TPSA) is 59.1 Å². The van der Waals surface area contributed by atoms with Crippen LogP contribution in [-0.4, -0.2) is 67.6 Å². The number of hydrogen-bond acceptors (Lipinski definition) is 4. The standard InChI is InChI=1S/C19H26N2O4/c1-13-11-15(17(24-3)12-14(13)2)18(22)20-6-8-21(9-7-20)19(23)16-5-4-10-25-16/h11-12,16H,4-10H2,1-3H3. The van der Waals surface area contributed by atoms with Gasteiger partial charge in [0.1, 0.15) is 11.9 Å². The van der Waals surface area contributed by atoms with Crippen molar-refractivity contribution in [3.05, 3.63) is 28.8 Å². The number of carbonyl (C=O) groups excluding carboxylic acids is 2. The van der Waals surface area contributed by atoms with Crippen molar-refractivity contribution in [3.8, 4) is 5.75 Å². The van der Waals surface area contributed by atoms with E-state index in [-0.39, 0.29) is 17.9 Å². The molecule has 0 saturated carbocycles. The zero-order valence-electron chi connectivity index (χ0n) is 15.2.